The van der Waals surface area contributed by atoms with Crippen LogP contribution >= 0.6 is 0 Å². The Morgan fingerprint density at radius 1 is 1.08 bits per heavy atom. The molecular weight excluding hydrogens is 322 g/mol. The molecule has 1 heterocycles. The molecule has 1 aliphatic heterocycles. The number of nitrogens with zero attached hydrogens (tertiary/aromatic N) is 1. The summed E-state index contributed by atoms with van der Waals surface area (Å²) in [5, 5.41) is 0. The van der Waals surface area contributed by atoms with Gasteiger partial charge in [-0.1, -0.05) is 37.3 Å². The van der Waals surface area contributed by atoms with E-state index in [0.29, 0.717) is 13.0 Å². The van der Waals surface area contributed by atoms with Gasteiger partial charge in [0.15, 0.2) is 9.84 Å². The summed E-state index contributed by atoms with van der Waals surface area (Å²) in [4.78, 5) is 14.9. The summed E-state index contributed by atoms with van der Waals surface area (Å²) in [6.45, 7) is 2.43. The highest BCUT2D eigenvalue weighted by atomic mass is 32.2. The van der Waals surface area contributed by atoms with E-state index in [4.69, 9.17) is 0 Å². The fourth-order valence-electron chi connectivity index (χ4n) is 3.18. The molecule has 2 aromatic rings. The van der Waals surface area contributed by atoms with Crippen molar-refractivity contribution < 1.29 is 13.2 Å². The van der Waals surface area contributed by atoms with Crippen molar-refractivity contribution in [1.29, 1.82) is 0 Å². The molecule has 1 amide bonds. The predicted molar refractivity (Wildman–Crippen MR) is 95.2 cm³/mol. The average Bonchev–Trinajstić information content (AvgIpc) is 2.60. The molecule has 5 heteroatoms. The number of hydrogen-bond acceptors (Lipinski definition) is 3. The van der Waals surface area contributed by atoms with E-state index in [1.165, 1.54) is 6.07 Å². The number of para-hydroxylation sites is 1. The van der Waals surface area contributed by atoms with Crippen LogP contribution in [-0.4, -0.2) is 26.6 Å². The smallest absolute Gasteiger partial charge is 0.259 e. The van der Waals surface area contributed by atoms with Crippen molar-refractivity contribution in [2.24, 2.45) is 0 Å². The molecule has 0 saturated carbocycles. The molecule has 24 heavy (non-hydrogen) atoms. The van der Waals surface area contributed by atoms with Crippen LogP contribution in [0.1, 0.15) is 35.7 Å². The maximum absolute atomic E-state index is 13.1. The number of carbonyl (C=O) groups is 1. The largest absolute Gasteiger partial charge is 0.308 e. The van der Waals surface area contributed by atoms with Gasteiger partial charge in [-0.15, -0.1) is 0 Å². The molecule has 0 fully saturated rings. The number of sulfone groups is 1. The summed E-state index contributed by atoms with van der Waals surface area (Å²) in [7, 11) is -3.45. The van der Waals surface area contributed by atoms with Gasteiger partial charge in [0.05, 0.1) is 16.2 Å². The number of aryl methyl sites for hydroxylation is 1. The first-order valence-corrected chi connectivity index (χ1v) is 9.91. The third-order valence-corrected chi connectivity index (χ3v) is 6.25. The monoisotopic (exact) mass is 343 g/mol. The van der Waals surface area contributed by atoms with Crippen molar-refractivity contribution in [1.82, 2.24) is 0 Å². The Bertz CT molecular complexity index is 858. The molecule has 0 radical (unpaired) electrons. The van der Waals surface area contributed by atoms with E-state index in [1.54, 1.807) is 23.1 Å². The van der Waals surface area contributed by atoms with Crippen molar-refractivity contribution in [2.75, 3.05) is 17.2 Å². The summed E-state index contributed by atoms with van der Waals surface area (Å²) in [5.41, 5.74) is 2.28. The molecule has 0 bridgehead atoms. The number of amides is 1. The van der Waals surface area contributed by atoms with Crippen LogP contribution in [0.5, 0.6) is 0 Å². The molecule has 4 nitrogen and oxygen atoms in total. The molecule has 0 aliphatic carbocycles. The number of anilines is 1. The van der Waals surface area contributed by atoms with Gasteiger partial charge in [-0.3, -0.25) is 4.79 Å². The van der Waals surface area contributed by atoms with Crippen molar-refractivity contribution in [2.45, 2.75) is 31.1 Å². The van der Waals surface area contributed by atoms with Crippen molar-refractivity contribution in [3.05, 3.63) is 59.7 Å². The van der Waals surface area contributed by atoms with Gasteiger partial charge in [0.1, 0.15) is 0 Å². The molecule has 0 spiro atoms. The fourth-order valence-corrected chi connectivity index (χ4v) is 4.72. The second-order valence-corrected chi connectivity index (χ2v) is 8.08. The van der Waals surface area contributed by atoms with E-state index in [2.05, 4.69) is 0 Å². The van der Waals surface area contributed by atoms with Crippen LogP contribution in [0.15, 0.2) is 53.4 Å². The number of rotatable bonds is 4. The zero-order valence-electron chi connectivity index (χ0n) is 13.7. The van der Waals surface area contributed by atoms with Crippen LogP contribution in [0.4, 0.5) is 5.69 Å². The lowest BCUT2D eigenvalue weighted by Gasteiger charge is -2.30. The van der Waals surface area contributed by atoms with Gasteiger partial charge in [0, 0.05) is 12.2 Å². The quantitative estimate of drug-likeness (QED) is 0.854. The number of hydrogen-bond donors (Lipinski definition) is 0. The molecule has 0 N–H and O–H groups in total. The first kappa shape index (κ1) is 16.7. The number of benzene rings is 2. The van der Waals surface area contributed by atoms with Gasteiger partial charge in [0.2, 0.25) is 0 Å². The van der Waals surface area contributed by atoms with Crippen LogP contribution in [0, 0.1) is 0 Å². The van der Waals surface area contributed by atoms with Gasteiger partial charge in [-0.05, 0) is 43.0 Å². The van der Waals surface area contributed by atoms with E-state index in [0.717, 1.165) is 24.1 Å². The lowest BCUT2D eigenvalue weighted by Crippen LogP contribution is -2.36. The van der Waals surface area contributed by atoms with Gasteiger partial charge in [0.25, 0.3) is 5.91 Å². The summed E-state index contributed by atoms with van der Waals surface area (Å²) < 4.78 is 25.0. The molecule has 0 atom stereocenters. The Morgan fingerprint density at radius 3 is 2.58 bits per heavy atom. The molecule has 2 aromatic carbocycles. The highest BCUT2D eigenvalue weighted by molar-refractivity contribution is 7.91. The van der Waals surface area contributed by atoms with Crippen LogP contribution in [0.25, 0.3) is 0 Å². The molecule has 1 aliphatic rings. The lowest BCUT2D eigenvalue weighted by molar-refractivity contribution is 0.0982. The van der Waals surface area contributed by atoms with E-state index >= 15 is 0 Å². The summed E-state index contributed by atoms with van der Waals surface area (Å²) in [6.07, 6.45) is 2.35. The van der Waals surface area contributed by atoms with Gasteiger partial charge < -0.3 is 4.90 Å². The summed E-state index contributed by atoms with van der Waals surface area (Å²) in [6, 6.07) is 14.4. The predicted octanol–water partition coefficient (Wildman–Crippen LogP) is 3.46. The summed E-state index contributed by atoms with van der Waals surface area (Å²) >= 11 is 0. The Morgan fingerprint density at radius 2 is 1.79 bits per heavy atom. The van der Waals surface area contributed by atoms with E-state index in [9.17, 15) is 13.2 Å². The Hall–Kier alpha value is -2.14. The molecule has 0 unspecified atom stereocenters. The van der Waals surface area contributed by atoms with E-state index in [1.807, 2.05) is 31.2 Å². The zero-order valence-corrected chi connectivity index (χ0v) is 14.6. The zero-order chi connectivity index (χ0) is 17.2. The van der Waals surface area contributed by atoms with Crippen molar-refractivity contribution in [3.8, 4) is 0 Å². The molecule has 0 saturated heterocycles. The third-order valence-electron chi connectivity index (χ3n) is 4.28. The number of carbonyl (C=O) groups excluding carboxylic acids is 1. The van der Waals surface area contributed by atoms with Gasteiger partial charge >= 0.3 is 0 Å². The normalized spacial score (nSPS) is 14.3. The van der Waals surface area contributed by atoms with Gasteiger partial charge in [-0.2, -0.15) is 0 Å². The second-order valence-electron chi connectivity index (χ2n) is 6.00. The maximum Gasteiger partial charge on any atom is 0.259 e. The van der Waals surface area contributed by atoms with Crippen LogP contribution in [0.2, 0.25) is 0 Å². The minimum Gasteiger partial charge on any atom is -0.308 e. The SMILES string of the molecule is CCCS(=O)(=O)c1ccccc1C(=O)N1CCCc2ccccc21. The van der Waals surface area contributed by atoms with Crippen molar-refractivity contribution >= 4 is 21.4 Å². The minimum absolute atomic E-state index is 0.0495. The van der Waals surface area contributed by atoms with Gasteiger partial charge in [-0.25, -0.2) is 8.42 Å². The Labute approximate surface area is 143 Å². The molecule has 0 aromatic heterocycles. The van der Waals surface area contributed by atoms with Crippen LogP contribution < -0.4 is 4.90 Å². The fraction of sp³-hybridized carbons (Fsp3) is 0.316. The Balaban J connectivity index is 2.04. The minimum atomic E-state index is -3.45. The topological polar surface area (TPSA) is 54.5 Å². The lowest BCUT2D eigenvalue weighted by atomic mass is 10.0. The average molecular weight is 343 g/mol. The van der Waals surface area contributed by atoms with Crippen molar-refractivity contribution in [3.63, 3.8) is 0 Å². The van der Waals surface area contributed by atoms with Crippen LogP contribution in [0.3, 0.4) is 0 Å². The number of fused-ring (bicyclic) bond motifs is 1. The maximum atomic E-state index is 13.1. The second kappa shape index (κ2) is 6.77. The standard InChI is InChI=1S/C19H21NO3S/c1-2-14-24(22,23)18-12-6-4-10-16(18)19(21)20-13-7-9-15-8-3-5-11-17(15)20/h3-6,8,10-12H,2,7,9,13-14H2,1H3. The highest BCUT2D eigenvalue weighted by Gasteiger charge is 2.28. The third kappa shape index (κ3) is 3.08. The molecular formula is C19H21NO3S. The highest BCUT2D eigenvalue weighted by Crippen LogP contribution is 2.29. The molecule has 126 valence electrons. The molecule has 3 rings (SSSR count). The summed E-state index contributed by atoms with van der Waals surface area (Å²) in [5.74, 6) is -0.189. The van der Waals surface area contributed by atoms with E-state index in [-0.39, 0.29) is 22.1 Å². The Kier molecular flexibility index (Phi) is 4.71. The first-order chi connectivity index (χ1) is 11.5. The van der Waals surface area contributed by atoms with Crippen LogP contribution in [-0.2, 0) is 16.3 Å². The first-order valence-electron chi connectivity index (χ1n) is 8.26. The van der Waals surface area contributed by atoms with E-state index < -0.39 is 9.84 Å².